The fourth-order valence-corrected chi connectivity index (χ4v) is 5.97. The van der Waals surface area contributed by atoms with Gasteiger partial charge in [-0.1, -0.05) is 109 Å². The highest BCUT2D eigenvalue weighted by Gasteiger charge is 2.41. The molecule has 0 aliphatic rings. The molecule has 0 atom stereocenters. The van der Waals surface area contributed by atoms with Gasteiger partial charge in [0.05, 0.1) is 11.7 Å². The van der Waals surface area contributed by atoms with E-state index in [-0.39, 0.29) is 0 Å². The largest absolute Gasteiger partial charge is 0.275 e. The van der Waals surface area contributed by atoms with Crippen LogP contribution in [0.4, 0.5) is 0 Å². The monoisotopic (exact) mass is 551 g/mol. The Morgan fingerprint density at radius 2 is 1.27 bits per heavy atom. The lowest BCUT2D eigenvalue weighted by molar-refractivity contribution is 0.477. The summed E-state index contributed by atoms with van der Waals surface area (Å²) in [5.74, 6) is 0. The first-order valence-electron chi connectivity index (χ1n) is 13.5. The van der Waals surface area contributed by atoms with Crippen LogP contribution >= 0.6 is 11.6 Å². The smallest absolute Gasteiger partial charge is 0.138 e. The first-order chi connectivity index (χ1) is 20.1. The molecule has 0 aliphatic heterocycles. The summed E-state index contributed by atoms with van der Waals surface area (Å²) in [6.07, 6.45) is 5.64. The van der Waals surface area contributed by atoms with Gasteiger partial charge in [-0.15, -0.1) is 0 Å². The second kappa shape index (κ2) is 10.2. The van der Waals surface area contributed by atoms with Crippen LogP contribution in [0.3, 0.4) is 0 Å². The lowest BCUT2D eigenvalue weighted by Crippen LogP contribution is -2.38. The van der Waals surface area contributed by atoms with E-state index in [9.17, 15) is 0 Å². The summed E-state index contributed by atoms with van der Waals surface area (Å²) in [5, 5.41) is 11.3. The van der Waals surface area contributed by atoms with E-state index in [0.29, 0.717) is 5.15 Å². The molecule has 0 unspecified atom stereocenters. The van der Waals surface area contributed by atoms with E-state index >= 15 is 0 Å². The van der Waals surface area contributed by atoms with Crippen molar-refractivity contribution in [2.24, 2.45) is 7.05 Å². The van der Waals surface area contributed by atoms with Crippen LogP contribution in [0.1, 0.15) is 16.7 Å². The number of hydrogen-bond acceptors (Lipinski definition) is 3. The maximum Gasteiger partial charge on any atom is 0.138 e. The standard InChI is InChI=1S/C35H26ClN5/c1-40-24-27(23-38-40)25-17-18-32-31(21-25)34(26-19-20-37-33(36)22-26)39-41(32)35(28-11-5-2-6-12-28,29-13-7-3-8-14-29)30-15-9-4-10-16-30/h2-24H,1H3. The summed E-state index contributed by atoms with van der Waals surface area (Å²) in [6.45, 7) is 0. The van der Waals surface area contributed by atoms with E-state index in [2.05, 4.69) is 124 Å². The van der Waals surface area contributed by atoms with Gasteiger partial charge in [-0.2, -0.15) is 10.2 Å². The van der Waals surface area contributed by atoms with Crippen LogP contribution in [0, 0.1) is 0 Å². The summed E-state index contributed by atoms with van der Waals surface area (Å²) < 4.78 is 4.00. The molecule has 5 nitrogen and oxygen atoms in total. The van der Waals surface area contributed by atoms with Crippen LogP contribution in [0.15, 0.2) is 140 Å². The molecule has 41 heavy (non-hydrogen) atoms. The fraction of sp³-hybridized carbons (Fsp3) is 0.0571. The minimum Gasteiger partial charge on any atom is -0.275 e. The second-order valence-electron chi connectivity index (χ2n) is 10.1. The van der Waals surface area contributed by atoms with Crippen LogP contribution in [-0.2, 0) is 12.6 Å². The number of aryl methyl sites for hydroxylation is 1. The zero-order valence-electron chi connectivity index (χ0n) is 22.4. The normalized spacial score (nSPS) is 11.7. The molecular formula is C35H26ClN5. The van der Waals surface area contributed by atoms with Gasteiger partial charge in [0.2, 0.25) is 0 Å². The predicted molar refractivity (Wildman–Crippen MR) is 165 cm³/mol. The maximum absolute atomic E-state index is 6.40. The van der Waals surface area contributed by atoms with Crippen molar-refractivity contribution >= 4 is 22.5 Å². The van der Waals surface area contributed by atoms with Crippen LogP contribution < -0.4 is 0 Å². The van der Waals surface area contributed by atoms with Gasteiger partial charge in [0.25, 0.3) is 0 Å². The Labute approximate surface area is 243 Å². The van der Waals surface area contributed by atoms with E-state index in [4.69, 9.17) is 16.7 Å². The third-order valence-electron chi connectivity index (χ3n) is 7.61. The van der Waals surface area contributed by atoms with Crippen LogP contribution in [-0.4, -0.2) is 24.5 Å². The van der Waals surface area contributed by atoms with Crippen LogP contribution in [0.25, 0.3) is 33.3 Å². The molecule has 0 spiro atoms. The van der Waals surface area contributed by atoms with E-state index in [1.807, 2.05) is 36.3 Å². The van der Waals surface area contributed by atoms with Crippen molar-refractivity contribution in [1.29, 1.82) is 0 Å². The Bertz CT molecular complexity index is 1860. The Hall–Kier alpha value is -5.00. The minimum absolute atomic E-state index is 0.425. The van der Waals surface area contributed by atoms with Crippen molar-refractivity contribution in [2.45, 2.75) is 5.54 Å². The zero-order valence-corrected chi connectivity index (χ0v) is 23.1. The van der Waals surface area contributed by atoms with E-state index in [1.54, 1.807) is 6.20 Å². The van der Waals surface area contributed by atoms with Gasteiger partial charge in [0, 0.05) is 36.0 Å². The lowest BCUT2D eigenvalue weighted by atomic mass is 9.77. The molecule has 4 aromatic carbocycles. The molecule has 7 rings (SSSR count). The first-order valence-corrected chi connectivity index (χ1v) is 13.8. The molecule has 6 heteroatoms. The molecule has 0 saturated heterocycles. The number of hydrogen-bond donors (Lipinski definition) is 0. The summed E-state index contributed by atoms with van der Waals surface area (Å²) in [5.41, 5.74) is 7.41. The maximum atomic E-state index is 6.40. The van der Waals surface area contributed by atoms with Gasteiger partial charge in [0.1, 0.15) is 16.4 Å². The van der Waals surface area contributed by atoms with Crippen LogP contribution in [0.5, 0.6) is 0 Å². The predicted octanol–water partition coefficient (Wildman–Crippen LogP) is 7.99. The summed E-state index contributed by atoms with van der Waals surface area (Å²) in [4.78, 5) is 4.23. The molecule has 0 amide bonds. The number of halogens is 1. The van der Waals surface area contributed by atoms with Crippen molar-refractivity contribution in [1.82, 2.24) is 24.5 Å². The topological polar surface area (TPSA) is 48.5 Å². The molecule has 0 saturated carbocycles. The molecule has 0 fully saturated rings. The van der Waals surface area contributed by atoms with E-state index in [0.717, 1.165) is 50.0 Å². The van der Waals surface area contributed by atoms with Gasteiger partial charge in [0.15, 0.2) is 0 Å². The Morgan fingerprint density at radius 1 is 0.659 bits per heavy atom. The minimum atomic E-state index is -0.757. The Balaban J connectivity index is 1.63. The molecule has 0 bridgehead atoms. The quantitative estimate of drug-likeness (QED) is 0.155. The van der Waals surface area contributed by atoms with Gasteiger partial charge >= 0.3 is 0 Å². The van der Waals surface area contributed by atoms with Gasteiger partial charge in [-0.25, -0.2) is 9.67 Å². The molecule has 0 N–H and O–H groups in total. The van der Waals surface area contributed by atoms with Crippen molar-refractivity contribution in [3.63, 3.8) is 0 Å². The second-order valence-corrected chi connectivity index (χ2v) is 10.5. The molecule has 7 aromatic rings. The zero-order chi connectivity index (χ0) is 27.8. The molecule has 198 valence electrons. The van der Waals surface area contributed by atoms with Crippen molar-refractivity contribution in [3.8, 4) is 22.4 Å². The highest BCUT2D eigenvalue weighted by molar-refractivity contribution is 6.29. The number of nitrogens with zero attached hydrogens (tertiary/aromatic N) is 5. The molecule has 3 heterocycles. The van der Waals surface area contributed by atoms with E-state index in [1.165, 1.54) is 0 Å². The van der Waals surface area contributed by atoms with Gasteiger partial charge < -0.3 is 0 Å². The van der Waals surface area contributed by atoms with Crippen molar-refractivity contribution in [2.75, 3.05) is 0 Å². The first kappa shape index (κ1) is 25.0. The van der Waals surface area contributed by atoms with Crippen LogP contribution in [0.2, 0.25) is 5.15 Å². The number of pyridine rings is 1. The average Bonchev–Trinajstić information content (AvgIpc) is 3.63. The van der Waals surface area contributed by atoms with Gasteiger partial charge in [-0.05, 0) is 46.5 Å². The van der Waals surface area contributed by atoms with Gasteiger partial charge in [-0.3, -0.25) is 4.68 Å². The Kier molecular flexibility index (Phi) is 6.22. The molecule has 0 radical (unpaired) electrons. The third kappa shape index (κ3) is 4.22. The number of fused-ring (bicyclic) bond motifs is 1. The SMILES string of the molecule is Cn1cc(-c2ccc3c(c2)c(-c2ccnc(Cl)c2)nn3C(c2ccccc2)(c2ccccc2)c2ccccc2)cn1. The number of benzene rings is 4. The number of rotatable bonds is 6. The lowest BCUT2D eigenvalue weighted by Gasteiger charge is -2.37. The molecule has 3 aromatic heterocycles. The number of aromatic nitrogens is 5. The fourth-order valence-electron chi connectivity index (χ4n) is 5.79. The summed E-state index contributed by atoms with van der Waals surface area (Å²) in [6, 6.07) is 42.1. The summed E-state index contributed by atoms with van der Waals surface area (Å²) in [7, 11) is 1.93. The summed E-state index contributed by atoms with van der Waals surface area (Å²) >= 11 is 6.40. The van der Waals surface area contributed by atoms with Crippen molar-refractivity contribution < 1.29 is 0 Å². The highest BCUT2D eigenvalue weighted by Crippen LogP contribution is 2.44. The Morgan fingerprint density at radius 3 is 1.80 bits per heavy atom. The molecular weight excluding hydrogens is 526 g/mol. The highest BCUT2D eigenvalue weighted by atomic mass is 35.5. The van der Waals surface area contributed by atoms with Crippen molar-refractivity contribution in [3.05, 3.63) is 162 Å². The van der Waals surface area contributed by atoms with E-state index < -0.39 is 5.54 Å². The third-order valence-corrected chi connectivity index (χ3v) is 7.82. The average molecular weight is 552 g/mol. The molecule has 0 aliphatic carbocycles.